The number of aryl methyl sites for hydroxylation is 1. The van der Waals surface area contributed by atoms with Crippen molar-refractivity contribution >= 4 is 15.8 Å². The number of hydrogen-bond acceptors (Lipinski definition) is 4. The van der Waals surface area contributed by atoms with Crippen LogP contribution in [-0.4, -0.2) is 42.4 Å². The molecule has 1 heterocycles. The van der Waals surface area contributed by atoms with Crippen molar-refractivity contribution in [3.63, 3.8) is 0 Å². The summed E-state index contributed by atoms with van der Waals surface area (Å²) < 4.78 is 25.2. The molecule has 0 bridgehead atoms. The van der Waals surface area contributed by atoms with Gasteiger partial charge in [0.15, 0.2) is 0 Å². The minimum absolute atomic E-state index is 0.390. The first kappa shape index (κ1) is 12.0. The van der Waals surface area contributed by atoms with Crippen LogP contribution in [0.1, 0.15) is 5.69 Å². The van der Waals surface area contributed by atoms with Crippen LogP contribution in [-0.2, 0) is 16.6 Å². The van der Waals surface area contributed by atoms with E-state index in [2.05, 4.69) is 5.10 Å². The summed E-state index contributed by atoms with van der Waals surface area (Å²) >= 11 is 0. The Kier molecular flexibility index (Phi) is 3.35. The minimum Gasteiger partial charge on any atom is -0.382 e. The molecular formula is C8H16N4O2S. The van der Waals surface area contributed by atoms with Crippen molar-refractivity contribution < 1.29 is 8.42 Å². The van der Waals surface area contributed by atoms with Gasteiger partial charge in [-0.15, -0.1) is 0 Å². The molecule has 2 N–H and O–H groups in total. The molecule has 86 valence electrons. The molecule has 0 saturated heterocycles. The fraction of sp³-hybridized carbons (Fsp3) is 0.625. The molecule has 0 aliphatic rings. The summed E-state index contributed by atoms with van der Waals surface area (Å²) in [6, 6.07) is 1.75. The Morgan fingerprint density at radius 2 is 2.20 bits per heavy atom. The molecule has 0 saturated carbocycles. The molecule has 0 aliphatic carbocycles. The van der Waals surface area contributed by atoms with Crippen molar-refractivity contribution in [1.29, 1.82) is 0 Å². The number of aromatic nitrogens is 2. The third-order valence-corrected chi connectivity index (χ3v) is 3.51. The normalized spacial score (nSPS) is 12.3. The van der Waals surface area contributed by atoms with Crippen LogP contribution in [0.4, 0.5) is 5.82 Å². The highest BCUT2D eigenvalue weighted by Crippen LogP contribution is 2.04. The fourth-order valence-electron chi connectivity index (χ4n) is 1.16. The number of nitrogens with zero attached hydrogens (tertiary/aromatic N) is 3. The molecule has 1 aromatic rings. The molecule has 0 aromatic carbocycles. The zero-order chi connectivity index (χ0) is 11.6. The van der Waals surface area contributed by atoms with E-state index in [-0.39, 0.29) is 0 Å². The molecule has 15 heavy (non-hydrogen) atoms. The van der Waals surface area contributed by atoms with Gasteiger partial charge in [0.05, 0.1) is 12.8 Å². The van der Waals surface area contributed by atoms with Crippen molar-refractivity contribution in [3.05, 3.63) is 11.8 Å². The zero-order valence-corrected chi connectivity index (χ0v) is 9.95. The van der Waals surface area contributed by atoms with E-state index in [9.17, 15) is 8.42 Å². The Bertz CT molecular complexity index is 437. The van der Waals surface area contributed by atoms with Gasteiger partial charge in [0.2, 0.25) is 10.0 Å². The van der Waals surface area contributed by atoms with E-state index in [1.54, 1.807) is 10.7 Å². The van der Waals surface area contributed by atoms with Crippen LogP contribution in [0.2, 0.25) is 0 Å². The van der Waals surface area contributed by atoms with E-state index in [0.717, 1.165) is 5.69 Å². The monoisotopic (exact) mass is 232 g/mol. The predicted molar refractivity (Wildman–Crippen MR) is 58.9 cm³/mol. The molecule has 0 atom stereocenters. The summed E-state index contributed by atoms with van der Waals surface area (Å²) in [5, 5.41) is 4.04. The second-order valence-corrected chi connectivity index (χ2v) is 5.61. The van der Waals surface area contributed by atoms with Gasteiger partial charge in [-0.05, 0) is 6.92 Å². The first-order valence-corrected chi connectivity index (χ1v) is 6.37. The average Bonchev–Trinajstić information content (AvgIpc) is 2.39. The third kappa shape index (κ3) is 3.21. The highest BCUT2D eigenvalue weighted by Gasteiger charge is 2.11. The summed E-state index contributed by atoms with van der Waals surface area (Å²) in [5.74, 6) is 0.453. The lowest BCUT2D eigenvalue weighted by Crippen LogP contribution is -2.29. The first-order valence-electron chi connectivity index (χ1n) is 4.52. The first-order chi connectivity index (χ1) is 6.80. The molecule has 0 amide bonds. The minimum atomic E-state index is -3.12. The molecule has 7 heteroatoms. The average molecular weight is 232 g/mol. The summed E-state index contributed by atoms with van der Waals surface area (Å²) in [6.07, 6.45) is 1.18. The molecule has 0 spiro atoms. The molecular weight excluding hydrogens is 216 g/mol. The van der Waals surface area contributed by atoms with Gasteiger partial charge in [-0.3, -0.25) is 4.68 Å². The molecule has 1 rings (SSSR count). The van der Waals surface area contributed by atoms with Gasteiger partial charge in [-0.25, -0.2) is 12.7 Å². The van der Waals surface area contributed by atoms with Crippen molar-refractivity contribution in [2.45, 2.75) is 13.5 Å². The Labute approximate surface area is 89.7 Å². The lowest BCUT2D eigenvalue weighted by Gasteiger charge is -2.14. The predicted octanol–water partition coefficient (Wildman–Crippen LogP) is -0.335. The Morgan fingerprint density at radius 3 is 2.60 bits per heavy atom. The van der Waals surface area contributed by atoms with Crippen LogP contribution in [0.3, 0.4) is 0 Å². The van der Waals surface area contributed by atoms with Crippen LogP contribution in [0.5, 0.6) is 0 Å². The Balaban J connectivity index is 2.62. The number of nitrogens with two attached hydrogens (primary N) is 1. The SMILES string of the molecule is Cc1cc(N)nn1CCN(C)S(C)(=O)=O. The van der Waals surface area contributed by atoms with Crippen molar-refractivity contribution in [3.8, 4) is 0 Å². The van der Waals surface area contributed by atoms with Crippen LogP contribution >= 0.6 is 0 Å². The summed E-state index contributed by atoms with van der Waals surface area (Å²) in [7, 11) is -1.58. The topological polar surface area (TPSA) is 81.2 Å². The molecule has 0 radical (unpaired) electrons. The van der Waals surface area contributed by atoms with E-state index >= 15 is 0 Å². The van der Waals surface area contributed by atoms with Gasteiger partial charge in [-0.1, -0.05) is 0 Å². The molecule has 1 aromatic heterocycles. The maximum atomic E-state index is 11.1. The van der Waals surface area contributed by atoms with E-state index in [1.165, 1.54) is 17.6 Å². The largest absolute Gasteiger partial charge is 0.382 e. The third-order valence-electron chi connectivity index (χ3n) is 2.19. The van der Waals surface area contributed by atoms with Crippen LogP contribution in [0, 0.1) is 6.92 Å². The smallest absolute Gasteiger partial charge is 0.211 e. The standard InChI is InChI=1S/C8H16N4O2S/c1-7-6-8(9)10-12(7)5-4-11(2)15(3,13)14/h6H,4-5H2,1-3H3,(H2,9,10). The summed E-state index contributed by atoms with van der Waals surface area (Å²) in [4.78, 5) is 0. The van der Waals surface area contributed by atoms with Gasteiger partial charge in [0, 0.05) is 25.4 Å². The van der Waals surface area contributed by atoms with E-state index in [0.29, 0.717) is 18.9 Å². The number of sulfonamides is 1. The van der Waals surface area contributed by atoms with Gasteiger partial charge in [0.25, 0.3) is 0 Å². The van der Waals surface area contributed by atoms with E-state index < -0.39 is 10.0 Å². The van der Waals surface area contributed by atoms with Gasteiger partial charge < -0.3 is 5.73 Å². The summed E-state index contributed by atoms with van der Waals surface area (Å²) in [5.41, 5.74) is 6.43. The highest BCUT2D eigenvalue weighted by molar-refractivity contribution is 7.88. The van der Waals surface area contributed by atoms with Crippen LogP contribution in [0.25, 0.3) is 0 Å². The van der Waals surface area contributed by atoms with E-state index in [1.807, 2.05) is 6.92 Å². The molecule has 0 unspecified atom stereocenters. The quantitative estimate of drug-likeness (QED) is 0.770. The maximum Gasteiger partial charge on any atom is 0.211 e. The van der Waals surface area contributed by atoms with Crippen molar-refractivity contribution in [1.82, 2.24) is 14.1 Å². The number of nitrogen functional groups attached to an aromatic ring is 1. The molecule has 0 aliphatic heterocycles. The second-order valence-electron chi connectivity index (χ2n) is 3.52. The fourth-order valence-corrected chi connectivity index (χ4v) is 1.58. The molecule has 0 fully saturated rings. The number of likely N-dealkylation sites (N-methyl/N-ethyl adjacent to an activating group) is 1. The Hall–Kier alpha value is -1.08. The summed E-state index contributed by atoms with van der Waals surface area (Å²) in [6.45, 7) is 2.78. The zero-order valence-electron chi connectivity index (χ0n) is 9.14. The number of rotatable bonds is 4. The second kappa shape index (κ2) is 4.19. The van der Waals surface area contributed by atoms with Gasteiger partial charge >= 0.3 is 0 Å². The Morgan fingerprint density at radius 1 is 1.60 bits per heavy atom. The van der Waals surface area contributed by atoms with Crippen LogP contribution < -0.4 is 5.73 Å². The number of hydrogen-bond donors (Lipinski definition) is 1. The number of anilines is 1. The highest BCUT2D eigenvalue weighted by atomic mass is 32.2. The van der Waals surface area contributed by atoms with Crippen molar-refractivity contribution in [2.75, 3.05) is 25.6 Å². The van der Waals surface area contributed by atoms with Crippen LogP contribution in [0.15, 0.2) is 6.07 Å². The lowest BCUT2D eigenvalue weighted by molar-refractivity contribution is 0.434. The lowest BCUT2D eigenvalue weighted by atomic mass is 10.4. The van der Waals surface area contributed by atoms with E-state index in [4.69, 9.17) is 5.73 Å². The van der Waals surface area contributed by atoms with Gasteiger partial charge in [-0.2, -0.15) is 5.10 Å². The maximum absolute atomic E-state index is 11.1. The van der Waals surface area contributed by atoms with Crippen molar-refractivity contribution in [2.24, 2.45) is 0 Å². The van der Waals surface area contributed by atoms with Gasteiger partial charge in [0.1, 0.15) is 5.82 Å². The molecule has 6 nitrogen and oxygen atoms in total.